The van der Waals surface area contributed by atoms with E-state index >= 15 is 0 Å². The van der Waals surface area contributed by atoms with Crippen LogP contribution >= 0.6 is 11.3 Å². The SMILES string of the molecule is CN=C(NCC1(CS(C)(=O)=O)CC1)NC(C)Cc1ccc(C)s1. The van der Waals surface area contributed by atoms with Crippen LogP contribution in [0.3, 0.4) is 0 Å². The topological polar surface area (TPSA) is 70.6 Å². The molecule has 2 N–H and O–H groups in total. The smallest absolute Gasteiger partial charge is 0.191 e. The van der Waals surface area contributed by atoms with Crippen LogP contribution in [0.2, 0.25) is 0 Å². The lowest BCUT2D eigenvalue weighted by molar-refractivity contribution is 0.525. The quantitative estimate of drug-likeness (QED) is 0.578. The lowest BCUT2D eigenvalue weighted by Gasteiger charge is -2.20. The molecule has 7 heteroatoms. The Morgan fingerprint density at radius 3 is 2.61 bits per heavy atom. The summed E-state index contributed by atoms with van der Waals surface area (Å²) in [6.07, 6.45) is 4.20. The predicted molar refractivity (Wildman–Crippen MR) is 98.1 cm³/mol. The summed E-state index contributed by atoms with van der Waals surface area (Å²) >= 11 is 1.82. The van der Waals surface area contributed by atoms with E-state index in [9.17, 15) is 8.42 Å². The lowest BCUT2D eigenvalue weighted by atomic mass is 10.1. The highest BCUT2D eigenvalue weighted by Crippen LogP contribution is 2.45. The van der Waals surface area contributed by atoms with Gasteiger partial charge in [-0.3, -0.25) is 4.99 Å². The monoisotopic (exact) mass is 357 g/mol. The molecule has 1 aliphatic carbocycles. The molecular weight excluding hydrogens is 330 g/mol. The molecule has 1 fully saturated rings. The maximum atomic E-state index is 11.5. The van der Waals surface area contributed by atoms with Crippen molar-refractivity contribution in [1.82, 2.24) is 10.6 Å². The summed E-state index contributed by atoms with van der Waals surface area (Å²) < 4.78 is 23.0. The molecule has 1 aromatic heterocycles. The molecule has 130 valence electrons. The molecule has 0 aromatic carbocycles. The van der Waals surface area contributed by atoms with Crippen LogP contribution in [0, 0.1) is 12.3 Å². The number of hydrogen-bond donors (Lipinski definition) is 2. The largest absolute Gasteiger partial charge is 0.356 e. The van der Waals surface area contributed by atoms with Crippen molar-refractivity contribution in [2.45, 2.75) is 39.2 Å². The van der Waals surface area contributed by atoms with Crippen molar-refractivity contribution >= 4 is 27.1 Å². The molecule has 0 bridgehead atoms. The number of nitrogens with one attached hydrogen (secondary N) is 2. The van der Waals surface area contributed by atoms with Crippen molar-refractivity contribution in [2.75, 3.05) is 25.6 Å². The second kappa shape index (κ2) is 7.21. The highest BCUT2D eigenvalue weighted by molar-refractivity contribution is 7.90. The van der Waals surface area contributed by atoms with Crippen molar-refractivity contribution in [2.24, 2.45) is 10.4 Å². The summed E-state index contributed by atoms with van der Waals surface area (Å²) in [4.78, 5) is 6.93. The number of hydrogen-bond acceptors (Lipinski definition) is 4. The normalized spacial score (nSPS) is 18.5. The third-order valence-electron chi connectivity index (χ3n) is 4.07. The first-order chi connectivity index (χ1) is 10.7. The van der Waals surface area contributed by atoms with Crippen molar-refractivity contribution < 1.29 is 8.42 Å². The van der Waals surface area contributed by atoms with E-state index in [1.54, 1.807) is 7.05 Å². The second-order valence-corrected chi connectivity index (χ2v) is 10.3. The Bertz CT molecular complexity index is 661. The summed E-state index contributed by atoms with van der Waals surface area (Å²) in [5, 5.41) is 6.68. The number of rotatable bonds is 7. The Labute approximate surface area is 143 Å². The van der Waals surface area contributed by atoms with Crippen molar-refractivity contribution in [3.63, 3.8) is 0 Å². The Morgan fingerprint density at radius 1 is 1.43 bits per heavy atom. The Morgan fingerprint density at radius 2 is 2.13 bits per heavy atom. The molecule has 1 aromatic rings. The molecule has 5 nitrogen and oxygen atoms in total. The van der Waals surface area contributed by atoms with Gasteiger partial charge in [-0.05, 0) is 38.8 Å². The van der Waals surface area contributed by atoms with Crippen molar-refractivity contribution in [3.8, 4) is 0 Å². The van der Waals surface area contributed by atoms with Gasteiger partial charge in [0.15, 0.2) is 5.96 Å². The van der Waals surface area contributed by atoms with Gasteiger partial charge in [-0.15, -0.1) is 11.3 Å². The van der Waals surface area contributed by atoms with E-state index < -0.39 is 9.84 Å². The van der Waals surface area contributed by atoms with E-state index in [0.717, 1.165) is 25.2 Å². The van der Waals surface area contributed by atoms with E-state index in [-0.39, 0.29) is 17.2 Å². The van der Waals surface area contributed by atoms with E-state index in [1.807, 2.05) is 11.3 Å². The third-order valence-corrected chi connectivity index (χ3v) is 6.23. The number of aliphatic imine (C=N–C) groups is 1. The van der Waals surface area contributed by atoms with Crippen LogP contribution in [0.15, 0.2) is 17.1 Å². The summed E-state index contributed by atoms with van der Waals surface area (Å²) in [7, 11) is -1.19. The maximum Gasteiger partial charge on any atom is 0.191 e. The number of thiophene rings is 1. The Kier molecular flexibility index (Phi) is 5.73. The molecule has 0 aliphatic heterocycles. The highest BCUT2D eigenvalue weighted by Gasteiger charge is 2.45. The van der Waals surface area contributed by atoms with Crippen LogP contribution in [0.5, 0.6) is 0 Å². The average Bonchev–Trinajstić information content (AvgIpc) is 3.06. The first-order valence-electron chi connectivity index (χ1n) is 7.92. The van der Waals surface area contributed by atoms with Gasteiger partial charge in [-0.25, -0.2) is 8.42 Å². The summed E-state index contributed by atoms with van der Waals surface area (Å²) in [5.74, 6) is 0.999. The Balaban J connectivity index is 1.81. The lowest BCUT2D eigenvalue weighted by Crippen LogP contribution is -2.45. The van der Waals surface area contributed by atoms with Gasteiger partial charge in [0.05, 0.1) is 5.75 Å². The number of nitrogens with zero attached hydrogens (tertiary/aromatic N) is 1. The van der Waals surface area contributed by atoms with Gasteiger partial charge in [0.1, 0.15) is 9.84 Å². The third kappa shape index (κ3) is 6.14. The molecule has 1 saturated carbocycles. The molecule has 0 amide bonds. The van der Waals surface area contributed by atoms with Gasteiger partial charge in [0.2, 0.25) is 0 Å². The van der Waals surface area contributed by atoms with E-state index in [2.05, 4.69) is 41.6 Å². The maximum absolute atomic E-state index is 11.5. The molecule has 1 atom stereocenters. The molecule has 2 rings (SSSR count). The van der Waals surface area contributed by atoms with E-state index in [4.69, 9.17) is 0 Å². The van der Waals surface area contributed by atoms with Crippen LogP contribution in [0.1, 0.15) is 29.5 Å². The number of aryl methyl sites for hydroxylation is 1. The fourth-order valence-electron chi connectivity index (χ4n) is 2.75. The Hall–Kier alpha value is -1.08. The van der Waals surface area contributed by atoms with Gasteiger partial charge < -0.3 is 10.6 Å². The van der Waals surface area contributed by atoms with E-state index in [1.165, 1.54) is 16.0 Å². The van der Waals surface area contributed by atoms with Crippen LogP contribution < -0.4 is 10.6 Å². The van der Waals surface area contributed by atoms with Crippen molar-refractivity contribution in [1.29, 1.82) is 0 Å². The van der Waals surface area contributed by atoms with Crippen LogP contribution in [-0.2, 0) is 16.3 Å². The molecule has 1 aliphatic rings. The van der Waals surface area contributed by atoms with Gasteiger partial charge >= 0.3 is 0 Å². The van der Waals surface area contributed by atoms with Crippen LogP contribution in [0.25, 0.3) is 0 Å². The highest BCUT2D eigenvalue weighted by atomic mass is 32.2. The molecule has 0 saturated heterocycles. The van der Waals surface area contributed by atoms with Gasteiger partial charge in [-0.2, -0.15) is 0 Å². The van der Waals surface area contributed by atoms with Gasteiger partial charge in [0, 0.05) is 47.5 Å². The molecule has 23 heavy (non-hydrogen) atoms. The van der Waals surface area contributed by atoms with E-state index in [0.29, 0.717) is 6.54 Å². The number of guanidine groups is 1. The van der Waals surface area contributed by atoms with Crippen LogP contribution in [-0.4, -0.2) is 46.0 Å². The fraction of sp³-hybridized carbons (Fsp3) is 0.688. The zero-order valence-corrected chi connectivity index (χ0v) is 16.0. The predicted octanol–water partition coefficient (Wildman–Crippen LogP) is 1.98. The summed E-state index contributed by atoms with van der Waals surface area (Å²) in [6, 6.07) is 4.57. The minimum absolute atomic E-state index is 0.0979. The average molecular weight is 358 g/mol. The number of sulfone groups is 1. The van der Waals surface area contributed by atoms with Gasteiger partial charge in [0.25, 0.3) is 0 Å². The summed E-state index contributed by atoms with van der Waals surface area (Å²) in [6.45, 7) is 4.90. The minimum atomic E-state index is -2.93. The van der Waals surface area contributed by atoms with Gasteiger partial charge in [-0.1, -0.05) is 0 Å². The van der Waals surface area contributed by atoms with Crippen LogP contribution in [0.4, 0.5) is 0 Å². The first kappa shape index (κ1) is 18.3. The zero-order valence-electron chi connectivity index (χ0n) is 14.3. The molecular formula is C16H27N3O2S2. The minimum Gasteiger partial charge on any atom is -0.356 e. The second-order valence-electron chi connectivity index (χ2n) is 6.76. The molecule has 0 radical (unpaired) electrons. The zero-order chi connectivity index (χ0) is 17.1. The summed E-state index contributed by atoms with van der Waals surface area (Å²) in [5.41, 5.74) is -0.0979. The molecule has 0 spiro atoms. The standard InChI is InChI=1S/C16H27N3O2S2/c1-12(9-14-6-5-13(2)22-14)19-15(17-3)18-10-16(7-8-16)11-23(4,20)21/h5-6,12H,7-11H2,1-4H3,(H2,17,18,19). The fourth-order valence-corrected chi connectivity index (χ4v) is 5.27. The molecule has 1 unspecified atom stereocenters. The molecule has 1 heterocycles. The van der Waals surface area contributed by atoms with Crippen molar-refractivity contribution in [3.05, 3.63) is 21.9 Å². The first-order valence-corrected chi connectivity index (χ1v) is 10.8.